The number of nitrogens with one attached hydrogen (secondary N) is 1. The van der Waals surface area contributed by atoms with Crippen molar-refractivity contribution < 1.29 is 45.0 Å². The average Bonchev–Trinajstić information content (AvgIpc) is 3.13. The summed E-state index contributed by atoms with van der Waals surface area (Å²) in [5, 5.41) is 6.01. The average molecular weight is 453 g/mol. The fourth-order valence-electron chi connectivity index (χ4n) is 2.53. The zero-order chi connectivity index (χ0) is 23.0. The van der Waals surface area contributed by atoms with Crippen molar-refractivity contribution in [3.05, 3.63) is 47.7 Å². The number of hydrogen-bond donors (Lipinski definition) is 1. The highest BCUT2D eigenvalue weighted by Gasteiger charge is 2.35. The van der Waals surface area contributed by atoms with Crippen LogP contribution in [-0.2, 0) is 15.7 Å². The maximum absolute atomic E-state index is 14.5. The van der Waals surface area contributed by atoms with Crippen molar-refractivity contribution in [3.63, 3.8) is 0 Å². The molecule has 15 heteroatoms. The zero-order valence-corrected chi connectivity index (χ0v) is 15.1. The number of esters is 1. The molecule has 2 aromatic heterocycles. The van der Waals surface area contributed by atoms with Crippen LogP contribution < -0.4 is 10.1 Å². The van der Waals surface area contributed by atoms with Crippen molar-refractivity contribution in [2.45, 2.75) is 18.6 Å². The van der Waals surface area contributed by atoms with Crippen molar-refractivity contribution in [2.24, 2.45) is 0 Å². The van der Waals surface area contributed by atoms with Gasteiger partial charge in [-0.05, 0) is 12.1 Å². The lowest BCUT2D eigenvalue weighted by Crippen LogP contribution is -2.25. The highest BCUT2D eigenvalue weighted by Crippen LogP contribution is 2.32. The van der Waals surface area contributed by atoms with Crippen LogP contribution in [0.3, 0.4) is 0 Å². The lowest BCUT2D eigenvalue weighted by Gasteiger charge is -2.20. The van der Waals surface area contributed by atoms with Crippen molar-refractivity contribution in [2.75, 3.05) is 12.4 Å². The van der Waals surface area contributed by atoms with Gasteiger partial charge >= 0.3 is 18.5 Å². The second-order valence-electron chi connectivity index (χ2n) is 5.83. The Morgan fingerprint density at radius 2 is 1.87 bits per heavy atom. The van der Waals surface area contributed by atoms with E-state index in [4.69, 9.17) is 0 Å². The molecule has 0 saturated carbocycles. The first kappa shape index (κ1) is 22.0. The highest BCUT2D eigenvalue weighted by atomic mass is 19.4. The number of methoxy groups -OCH3 is 1. The maximum Gasteiger partial charge on any atom is 0.573 e. The standard InChI is InChI=1S/C16H10F7N5O3/c1-30-13(29)12(8-3-2-7(4-9(8)17)31-16(21,22)23)27-11-5-10(15(18,19)20)26-14-24-6-25-28(11)14/h2-6,12,27H,1H3. The lowest BCUT2D eigenvalue weighted by atomic mass is 10.1. The third kappa shape index (κ3) is 4.92. The van der Waals surface area contributed by atoms with E-state index in [0.29, 0.717) is 12.1 Å². The van der Waals surface area contributed by atoms with Gasteiger partial charge in [-0.1, -0.05) is 0 Å². The molecule has 0 radical (unpaired) electrons. The Hall–Kier alpha value is -3.65. The number of ether oxygens (including phenoxy) is 2. The second kappa shape index (κ2) is 7.88. The molecule has 1 atom stereocenters. The minimum Gasteiger partial charge on any atom is -0.467 e. The van der Waals surface area contributed by atoms with Gasteiger partial charge in [-0.25, -0.2) is 14.2 Å². The molecule has 0 aliphatic heterocycles. The molecule has 3 aromatic rings. The van der Waals surface area contributed by atoms with Crippen LogP contribution in [0.15, 0.2) is 30.6 Å². The number of aromatic nitrogens is 4. The molecule has 1 N–H and O–H groups in total. The van der Waals surface area contributed by atoms with E-state index < -0.39 is 59.0 Å². The molecule has 0 bridgehead atoms. The number of nitrogens with zero attached hydrogens (tertiary/aromatic N) is 4. The molecule has 1 aromatic carbocycles. The summed E-state index contributed by atoms with van der Waals surface area (Å²) in [5.41, 5.74) is -1.91. The van der Waals surface area contributed by atoms with Gasteiger partial charge in [-0.3, -0.25) is 0 Å². The first-order valence-corrected chi connectivity index (χ1v) is 8.06. The van der Waals surface area contributed by atoms with E-state index >= 15 is 0 Å². The molecule has 0 aliphatic carbocycles. The Kier molecular flexibility index (Phi) is 5.61. The summed E-state index contributed by atoms with van der Waals surface area (Å²) in [6, 6.07) is 0.605. The van der Waals surface area contributed by atoms with Gasteiger partial charge in [0.2, 0.25) is 0 Å². The smallest absolute Gasteiger partial charge is 0.467 e. The second-order valence-corrected chi connectivity index (χ2v) is 5.83. The fourth-order valence-corrected chi connectivity index (χ4v) is 2.53. The molecule has 0 aliphatic rings. The van der Waals surface area contributed by atoms with Gasteiger partial charge in [0.15, 0.2) is 11.7 Å². The van der Waals surface area contributed by atoms with Crippen LogP contribution >= 0.6 is 0 Å². The molecule has 8 nitrogen and oxygen atoms in total. The van der Waals surface area contributed by atoms with Crippen LogP contribution in [0.5, 0.6) is 5.75 Å². The third-order valence-corrected chi connectivity index (χ3v) is 3.79. The quantitative estimate of drug-likeness (QED) is 0.467. The molecule has 0 saturated heterocycles. The Morgan fingerprint density at radius 3 is 2.45 bits per heavy atom. The molecule has 2 heterocycles. The number of carbonyl (C=O) groups excluding carboxylic acids is 1. The Balaban J connectivity index is 2.04. The zero-order valence-electron chi connectivity index (χ0n) is 15.1. The van der Waals surface area contributed by atoms with Crippen LogP contribution in [-0.4, -0.2) is 39.0 Å². The summed E-state index contributed by atoms with van der Waals surface area (Å²) in [4.78, 5) is 19.0. The third-order valence-electron chi connectivity index (χ3n) is 3.79. The number of carbonyl (C=O) groups is 1. The number of rotatable bonds is 5. The van der Waals surface area contributed by atoms with Crippen LogP contribution in [0.4, 0.5) is 36.6 Å². The van der Waals surface area contributed by atoms with E-state index in [2.05, 4.69) is 29.9 Å². The van der Waals surface area contributed by atoms with E-state index in [-0.39, 0.29) is 0 Å². The first-order valence-electron chi connectivity index (χ1n) is 8.06. The summed E-state index contributed by atoms with van der Waals surface area (Å²) < 4.78 is 99.7. The number of anilines is 1. The molecule has 1 unspecified atom stereocenters. The molecule has 0 spiro atoms. The van der Waals surface area contributed by atoms with Crippen molar-refractivity contribution in [3.8, 4) is 5.75 Å². The van der Waals surface area contributed by atoms with E-state index in [9.17, 15) is 35.5 Å². The maximum atomic E-state index is 14.5. The summed E-state index contributed by atoms with van der Waals surface area (Å²) >= 11 is 0. The van der Waals surface area contributed by atoms with Gasteiger partial charge in [0, 0.05) is 17.7 Å². The molecular formula is C16H10F7N5O3. The normalized spacial score (nSPS) is 13.2. The highest BCUT2D eigenvalue weighted by molar-refractivity contribution is 5.81. The van der Waals surface area contributed by atoms with E-state index in [1.54, 1.807) is 0 Å². The molecule has 166 valence electrons. The SMILES string of the molecule is COC(=O)C(Nc1cc(C(F)(F)F)nc2ncnn12)c1ccc(OC(F)(F)F)cc1F. The minimum atomic E-state index is -5.09. The van der Waals surface area contributed by atoms with Crippen LogP contribution in [0, 0.1) is 5.82 Å². The van der Waals surface area contributed by atoms with Gasteiger partial charge in [0.25, 0.3) is 5.78 Å². The predicted octanol–water partition coefficient (Wildman–Crippen LogP) is 3.51. The van der Waals surface area contributed by atoms with Crippen molar-refractivity contribution >= 4 is 17.6 Å². The number of alkyl halides is 6. The van der Waals surface area contributed by atoms with E-state index in [0.717, 1.165) is 30.1 Å². The first-order chi connectivity index (χ1) is 14.4. The largest absolute Gasteiger partial charge is 0.573 e. The molecule has 0 fully saturated rings. The fraction of sp³-hybridized carbons (Fsp3) is 0.250. The summed E-state index contributed by atoms with van der Waals surface area (Å²) in [6.45, 7) is 0. The Bertz CT molecular complexity index is 1110. The summed E-state index contributed by atoms with van der Waals surface area (Å²) in [5.74, 6) is -4.30. The summed E-state index contributed by atoms with van der Waals surface area (Å²) in [6.07, 6.45) is -9.07. The van der Waals surface area contributed by atoms with Gasteiger partial charge < -0.3 is 14.8 Å². The molecule has 31 heavy (non-hydrogen) atoms. The summed E-state index contributed by atoms with van der Waals surface area (Å²) in [7, 11) is 0.925. The van der Waals surface area contributed by atoms with Crippen LogP contribution in [0.1, 0.15) is 17.3 Å². The molecule has 3 rings (SSSR count). The van der Waals surface area contributed by atoms with Crippen LogP contribution in [0.25, 0.3) is 5.78 Å². The van der Waals surface area contributed by atoms with Gasteiger partial charge in [-0.15, -0.1) is 13.2 Å². The van der Waals surface area contributed by atoms with Gasteiger partial charge in [-0.2, -0.15) is 27.8 Å². The topological polar surface area (TPSA) is 90.6 Å². The van der Waals surface area contributed by atoms with Gasteiger partial charge in [0.1, 0.15) is 23.7 Å². The van der Waals surface area contributed by atoms with Crippen LogP contribution in [0.2, 0.25) is 0 Å². The van der Waals surface area contributed by atoms with E-state index in [1.165, 1.54) is 0 Å². The van der Waals surface area contributed by atoms with Gasteiger partial charge in [0.05, 0.1) is 7.11 Å². The number of hydrogen-bond acceptors (Lipinski definition) is 7. The minimum absolute atomic E-state index is 0.360. The molecular weight excluding hydrogens is 443 g/mol. The Morgan fingerprint density at radius 1 is 1.16 bits per heavy atom. The predicted molar refractivity (Wildman–Crippen MR) is 87.2 cm³/mol. The number of fused-ring (bicyclic) bond motifs is 1. The number of halogens is 7. The number of benzene rings is 1. The Labute approximate surface area is 167 Å². The lowest BCUT2D eigenvalue weighted by molar-refractivity contribution is -0.274. The van der Waals surface area contributed by atoms with Crippen molar-refractivity contribution in [1.29, 1.82) is 0 Å². The van der Waals surface area contributed by atoms with Crippen molar-refractivity contribution in [1.82, 2.24) is 19.6 Å². The monoisotopic (exact) mass is 453 g/mol. The molecule has 0 amide bonds. The van der Waals surface area contributed by atoms with E-state index in [1.807, 2.05) is 0 Å².